The topological polar surface area (TPSA) is 17.1 Å². The van der Waals surface area contributed by atoms with E-state index in [4.69, 9.17) is 0 Å². The Balaban J connectivity index is 3.63. The number of allylic oxidation sites excluding steroid dienone is 2. The highest BCUT2D eigenvalue weighted by atomic mass is 16.1. The molecule has 0 spiro atoms. The van der Waals surface area contributed by atoms with Crippen molar-refractivity contribution in [3.63, 3.8) is 0 Å². The lowest BCUT2D eigenvalue weighted by Crippen LogP contribution is -1.96. The monoisotopic (exact) mass is 168 g/mol. The standard InChI is InChI=1S/C11H20O/c1-4-5-6-7-10(2)11(3)8-9-12/h8-10H,4-7H2,1-3H3/b11-8+. The van der Waals surface area contributed by atoms with Crippen molar-refractivity contribution in [2.45, 2.75) is 46.5 Å². The molecule has 0 aliphatic rings. The van der Waals surface area contributed by atoms with Gasteiger partial charge in [0.25, 0.3) is 0 Å². The van der Waals surface area contributed by atoms with Crippen LogP contribution in [0.25, 0.3) is 0 Å². The largest absolute Gasteiger partial charge is 0.299 e. The predicted molar refractivity (Wildman–Crippen MR) is 53.1 cm³/mol. The molecule has 0 fully saturated rings. The lowest BCUT2D eigenvalue weighted by molar-refractivity contribution is -0.104. The van der Waals surface area contributed by atoms with E-state index >= 15 is 0 Å². The Morgan fingerprint density at radius 1 is 1.42 bits per heavy atom. The van der Waals surface area contributed by atoms with Crippen LogP contribution >= 0.6 is 0 Å². The first kappa shape index (κ1) is 11.4. The predicted octanol–water partition coefficient (Wildman–Crippen LogP) is 3.35. The van der Waals surface area contributed by atoms with E-state index in [1.165, 1.54) is 31.3 Å². The molecule has 0 amide bonds. The van der Waals surface area contributed by atoms with Crippen LogP contribution in [0.3, 0.4) is 0 Å². The van der Waals surface area contributed by atoms with Crippen molar-refractivity contribution in [1.82, 2.24) is 0 Å². The normalized spacial score (nSPS) is 14.4. The van der Waals surface area contributed by atoms with Gasteiger partial charge in [-0.05, 0) is 25.3 Å². The second-order valence-electron chi connectivity index (χ2n) is 3.44. The third kappa shape index (κ3) is 5.11. The van der Waals surface area contributed by atoms with E-state index in [0.717, 1.165) is 6.29 Å². The van der Waals surface area contributed by atoms with Crippen LogP contribution in [-0.4, -0.2) is 6.29 Å². The van der Waals surface area contributed by atoms with Crippen molar-refractivity contribution in [2.24, 2.45) is 5.92 Å². The Morgan fingerprint density at radius 3 is 2.58 bits per heavy atom. The van der Waals surface area contributed by atoms with Gasteiger partial charge in [-0.2, -0.15) is 0 Å². The summed E-state index contributed by atoms with van der Waals surface area (Å²) in [5, 5.41) is 0. The Labute approximate surface area is 75.9 Å². The van der Waals surface area contributed by atoms with Crippen LogP contribution in [0.4, 0.5) is 0 Å². The summed E-state index contributed by atoms with van der Waals surface area (Å²) in [6, 6.07) is 0. The van der Waals surface area contributed by atoms with Gasteiger partial charge < -0.3 is 0 Å². The number of hydrogen-bond acceptors (Lipinski definition) is 1. The summed E-state index contributed by atoms with van der Waals surface area (Å²) in [6.45, 7) is 6.43. The molecule has 0 radical (unpaired) electrons. The van der Waals surface area contributed by atoms with E-state index in [9.17, 15) is 4.79 Å². The smallest absolute Gasteiger partial charge is 0.142 e. The first-order chi connectivity index (χ1) is 5.72. The van der Waals surface area contributed by atoms with Crippen LogP contribution in [0.5, 0.6) is 0 Å². The maximum Gasteiger partial charge on any atom is 0.142 e. The fraction of sp³-hybridized carbons (Fsp3) is 0.727. The zero-order chi connectivity index (χ0) is 9.40. The van der Waals surface area contributed by atoms with Gasteiger partial charge in [0, 0.05) is 0 Å². The van der Waals surface area contributed by atoms with Gasteiger partial charge in [-0.25, -0.2) is 0 Å². The fourth-order valence-electron chi connectivity index (χ4n) is 1.20. The molecule has 0 rings (SSSR count). The number of hydrogen-bond donors (Lipinski definition) is 0. The van der Waals surface area contributed by atoms with E-state index in [1.54, 1.807) is 6.08 Å². The molecule has 0 aromatic heterocycles. The molecule has 0 saturated heterocycles. The summed E-state index contributed by atoms with van der Waals surface area (Å²) in [5.74, 6) is 0.571. The van der Waals surface area contributed by atoms with Gasteiger partial charge in [0.15, 0.2) is 0 Å². The highest BCUT2D eigenvalue weighted by molar-refractivity contribution is 5.66. The van der Waals surface area contributed by atoms with E-state index in [-0.39, 0.29) is 0 Å². The Morgan fingerprint density at radius 2 is 2.08 bits per heavy atom. The molecular formula is C11H20O. The van der Waals surface area contributed by atoms with Crippen molar-refractivity contribution in [2.75, 3.05) is 0 Å². The molecule has 0 bridgehead atoms. The van der Waals surface area contributed by atoms with Crippen molar-refractivity contribution in [3.05, 3.63) is 11.6 Å². The molecule has 1 unspecified atom stereocenters. The third-order valence-corrected chi connectivity index (χ3v) is 2.35. The first-order valence-corrected chi connectivity index (χ1v) is 4.84. The number of unbranched alkanes of at least 4 members (excludes halogenated alkanes) is 2. The van der Waals surface area contributed by atoms with Crippen molar-refractivity contribution >= 4 is 6.29 Å². The molecule has 12 heavy (non-hydrogen) atoms. The maximum atomic E-state index is 10.2. The number of carbonyl (C=O) groups is 1. The van der Waals surface area contributed by atoms with Gasteiger partial charge in [0.1, 0.15) is 6.29 Å². The molecule has 1 heteroatoms. The number of aldehydes is 1. The van der Waals surface area contributed by atoms with Crippen LogP contribution in [0.1, 0.15) is 46.5 Å². The minimum atomic E-state index is 0.571. The van der Waals surface area contributed by atoms with Crippen LogP contribution in [-0.2, 0) is 4.79 Å². The second-order valence-corrected chi connectivity index (χ2v) is 3.44. The molecule has 0 heterocycles. The molecule has 0 aromatic rings. The highest BCUT2D eigenvalue weighted by Gasteiger charge is 2.02. The van der Waals surface area contributed by atoms with Crippen molar-refractivity contribution in [1.29, 1.82) is 0 Å². The first-order valence-electron chi connectivity index (χ1n) is 4.84. The van der Waals surface area contributed by atoms with Gasteiger partial charge in [0.05, 0.1) is 0 Å². The maximum absolute atomic E-state index is 10.2. The summed E-state index contributed by atoms with van der Waals surface area (Å²) in [4.78, 5) is 10.2. The van der Waals surface area contributed by atoms with E-state index in [2.05, 4.69) is 13.8 Å². The molecule has 1 nitrogen and oxygen atoms in total. The zero-order valence-electron chi connectivity index (χ0n) is 8.47. The number of rotatable bonds is 6. The molecule has 0 aliphatic carbocycles. The third-order valence-electron chi connectivity index (χ3n) is 2.35. The molecule has 0 saturated carbocycles. The quantitative estimate of drug-likeness (QED) is 0.338. The van der Waals surface area contributed by atoms with Gasteiger partial charge in [-0.3, -0.25) is 4.79 Å². The summed E-state index contributed by atoms with van der Waals surface area (Å²) >= 11 is 0. The molecular weight excluding hydrogens is 148 g/mol. The average Bonchev–Trinajstić information content (AvgIpc) is 2.05. The van der Waals surface area contributed by atoms with Crippen LogP contribution in [0.2, 0.25) is 0 Å². The summed E-state index contributed by atoms with van der Waals surface area (Å²) < 4.78 is 0. The second kappa shape index (κ2) is 7.08. The summed E-state index contributed by atoms with van der Waals surface area (Å²) in [7, 11) is 0. The van der Waals surface area contributed by atoms with Crippen molar-refractivity contribution < 1.29 is 4.79 Å². The van der Waals surface area contributed by atoms with Gasteiger partial charge in [-0.1, -0.05) is 38.7 Å². The lowest BCUT2D eigenvalue weighted by Gasteiger charge is -2.10. The zero-order valence-corrected chi connectivity index (χ0v) is 8.47. The fourth-order valence-corrected chi connectivity index (χ4v) is 1.20. The van der Waals surface area contributed by atoms with Gasteiger partial charge >= 0.3 is 0 Å². The average molecular weight is 168 g/mol. The molecule has 0 aliphatic heterocycles. The number of carbonyl (C=O) groups excluding carboxylic acids is 1. The Bertz CT molecular complexity index is 147. The van der Waals surface area contributed by atoms with E-state index in [1.807, 2.05) is 6.92 Å². The van der Waals surface area contributed by atoms with Crippen LogP contribution < -0.4 is 0 Å². The lowest BCUT2D eigenvalue weighted by atomic mass is 9.96. The Hall–Kier alpha value is -0.590. The molecule has 70 valence electrons. The Kier molecular flexibility index (Phi) is 6.73. The minimum absolute atomic E-state index is 0.571. The summed E-state index contributed by atoms with van der Waals surface area (Å²) in [6.07, 6.45) is 7.62. The van der Waals surface area contributed by atoms with Crippen LogP contribution in [0, 0.1) is 5.92 Å². The van der Waals surface area contributed by atoms with Gasteiger partial charge in [0.2, 0.25) is 0 Å². The summed E-state index contributed by atoms with van der Waals surface area (Å²) in [5.41, 5.74) is 1.21. The highest BCUT2D eigenvalue weighted by Crippen LogP contribution is 2.16. The SMILES string of the molecule is CCCCCC(C)/C(C)=C/C=O. The molecule has 0 N–H and O–H groups in total. The van der Waals surface area contributed by atoms with Gasteiger partial charge in [-0.15, -0.1) is 0 Å². The van der Waals surface area contributed by atoms with Crippen LogP contribution in [0.15, 0.2) is 11.6 Å². The van der Waals surface area contributed by atoms with Crippen molar-refractivity contribution in [3.8, 4) is 0 Å². The molecule has 0 aromatic carbocycles. The molecule has 1 atom stereocenters. The van der Waals surface area contributed by atoms with E-state index < -0.39 is 0 Å². The minimum Gasteiger partial charge on any atom is -0.299 e. The van der Waals surface area contributed by atoms with E-state index in [0.29, 0.717) is 5.92 Å².